The summed E-state index contributed by atoms with van der Waals surface area (Å²) in [5.41, 5.74) is 13.3. The SMILES string of the molecule is CC(C)CC(NC(=O)C(Cc1c[nH]c2ccccc12)NC(=O)C(N)CC(N)=O)C(=O)NC(Cc1ccccc1)C(=O)O. The smallest absolute Gasteiger partial charge is 0.326 e. The van der Waals surface area contributed by atoms with E-state index in [2.05, 4.69) is 20.9 Å². The van der Waals surface area contributed by atoms with Crippen LogP contribution in [-0.2, 0) is 36.8 Å². The first-order chi connectivity index (χ1) is 19.9. The average Bonchev–Trinajstić information content (AvgIpc) is 3.34. The molecule has 4 atom stereocenters. The van der Waals surface area contributed by atoms with Gasteiger partial charge in [-0.3, -0.25) is 19.2 Å². The number of fused-ring (bicyclic) bond motifs is 1. The van der Waals surface area contributed by atoms with Crippen molar-refractivity contribution in [3.8, 4) is 0 Å². The fourth-order valence-corrected chi connectivity index (χ4v) is 4.62. The molecule has 9 N–H and O–H groups in total. The lowest BCUT2D eigenvalue weighted by molar-refractivity contribution is -0.142. The molecule has 0 aliphatic carbocycles. The van der Waals surface area contributed by atoms with Gasteiger partial charge in [0, 0.05) is 29.9 Å². The highest BCUT2D eigenvalue weighted by molar-refractivity contribution is 5.95. The molecular weight excluding hydrogens is 540 g/mol. The molecule has 0 aliphatic rings. The van der Waals surface area contributed by atoms with Crippen molar-refractivity contribution < 1.29 is 29.1 Å². The van der Waals surface area contributed by atoms with E-state index in [-0.39, 0.29) is 25.2 Å². The summed E-state index contributed by atoms with van der Waals surface area (Å²) in [6.07, 6.45) is 1.63. The van der Waals surface area contributed by atoms with E-state index in [0.717, 1.165) is 22.0 Å². The minimum atomic E-state index is -1.27. The minimum Gasteiger partial charge on any atom is -0.480 e. The van der Waals surface area contributed by atoms with E-state index in [9.17, 15) is 29.1 Å². The Hall–Kier alpha value is -4.71. The van der Waals surface area contributed by atoms with Crippen molar-refractivity contribution in [3.05, 3.63) is 71.9 Å². The number of primary amides is 1. The van der Waals surface area contributed by atoms with Crippen LogP contribution < -0.4 is 27.4 Å². The molecule has 224 valence electrons. The van der Waals surface area contributed by atoms with Crippen LogP contribution in [0.2, 0.25) is 0 Å². The monoisotopic (exact) mass is 578 g/mol. The summed E-state index contributed by atoms with van der Waals surface area (Å²) in [5.74, 6) is -4.11. The zero-order valence-electron chi connectivity index (χ0n) is 23.6. The summed E-state index contributed by atoms with van der Waals surface area (Å²) < 4.78 is 0. The highest BCUT2D eigenvalue weighted by Crippen LogP contribution is 2.19. The highest BCUT2D eigenvalue weighted by atomic mass is 16.4. The fraction of sp³-hybridized carbons (Fsp3) is 0.367. The number of carboxylic acids is 1. The van der Waals surface area contributed by atoms with Crippen LogP contribution in [0.3, 0.4) is 0 Å². The number of nitrogens with two attached hydrogens (primary N) is 2. The molecule has 12 heteroatoms. The van der Waals surface area contributed by atoms with Gasteiger partial charge in [0.05, 0.1) is 12.5 Å². The molecule has 42 heavy (non-hydrogen) atoms. The third-order valence-corrected chi connectivity index (χ3v) is 6.73. The summed E-state index contributed by atoms with van der Waals surface area (Å²) in [6, 6.07) is 11.6. The van der Waals surface area contributed by atoms with Crippen LogP contribution in [0.15, 0.2) is 60.8 Å². The van der Waals surface area contributed by atoms with Crippen molar-refractivity contribution in [2.24, 2.45) is 17.4 Å². The third-order valence-electron chi connectivity index (χ3n) is 6.73. The summed E-state index contributed by atoms with van der Waals surface area (Å²) in [5, 5.41) is 18.4. The molecule has 1 heterocycles. The molecule has 12 nitrogen and oxygen atoms in total. The Morgan fingerprint density at radius 3 is 2.05 bits per heavy atom. The van der Waals surface area contributed by atoms with Crippen molar-refractivity contribution in [3.63, 3.8) is 0 Å². The summed E-state index contributed by atoms with van der Waals surface area (Å²) in [6.45, 7) is 3.72. The molecule has 3 aromatic rings. The number of H-pyrrole nitrogens is 1. The lowest BCUT2D eigenvalue weighted by Gasteiger charge is -2.26. The van der Waals surface area contributed by atoms with E-state index >= 15 is 0 Å². The first-order valence-electron chi connectivity index (χ1n) is 13.7. The van der Waals surface area contributed by atoms with Gasteiger partial charge in [0.2, 0.25) is 23.6 Å². The van der Waals surface area contributed by atoms with E-state index in [1.165, 1.54) is 0 Å². The van der Waals surface area contributed by atoms with Crippen molar-refractivity contribution in [1.82, 2.24) is 20.9 Å². The topological polar surface area (TPSA) is 209 Å². The van der Waals surface area contributed by atoms with Gasteiger partial charge in [-0.2, -0.15) is 0 Å². The lowest BCUT2D eigenvalue weighted by atomic mass is 9.99. The highest BCUT2D eigenvalue weighted by Gasteiger charge is 2.31. The molecule has 0 aliphatic heterocycles. The van der Waals surface area contributed by atoms with Gasteiger partial charge in [-0.1, -0.05) is 62.4 Å². The maximum atomic E-state index is 13.6. The Labute approximate surface area is 243 Å². The molecule has 4 amide bonds. The second-order valence-corrected chi connectivity index (χ2v) is 10.7. The quantitative estimate of drug-likeness (QED) is 0.137. The summed E-state index contributed by atoms with van der Waals surface area (Å²) in [7, 11) is 0. The van der Waals surface area contributed by atoms with Gasteiger partial charge in [-0.05, 0) is 29.5 Å². The third kappa shape index (κ3) is 9.16. The van der Waals surface area contributed by atoms with Crippen molar-refractivity contribution in [1.29, 1.82) is 0 Å². The van der Waals surface area contributed by atoms with Crippen LogP contribution in [0.25, 0.3) is 10.9 Å². The average molecular weight is 579 g/mol. The number of amides is 4. The van der Waals surface area contributed by atoms with Gasteiger partial charge in [0.25, 0.3) is 0 Å². The largest absolute Gasteiger partial charge is 0.480 e. The molecule has 1 aromatic heterocycles. The number of carbonyl (C=O) groups is 5. The maximum Gasteiger partial charge on any atom is 0.326 e. The zero-order valence-corrected chi connectivity index (χ0v) is 23.6. The van der Waals surface area contributed by atoms with Crippen LogP contribution in [0.5, 0.6) is 0 Å². The molecule has 0 saturated carbocycles. The van der Waals surface area contributed by atoms with Crippen molar-refractivity contribution in [2.45, 2.75) is 63.7 Å². The molecular formula is C30H38N6O6. The number of hydrogen-bond donors (Lipinski definition) is 7. The predicted molar refractivity (Wildman–Crippen MR) is 157 cm³/mol. The Bertz CT molecular complexity index is 1410. The van der Waals surface area contributed by atoms with Crippen LogP contribution in [0.1, 0.15) is 37.8 Å². The molecule has 0 fully saturated rings. The number of rotatable bonds is 15. The standard InChI is InChI=1S/C30H38N6O6/c1-17(2)12-23(28(39)36-25(30(41)42)13-18-8-4-3-5-9-18)35-29(40)24(34-27(38)21(31)15-26(32)37)14-19-16-33-22-11-7-6-10-20(19)22/h3-11,16-17,21,23-25,33H,12-15,31H2,1-2H3,(H2,32,37)(H,34,38)(H,35,40)(H,36,39)(H,41,42). The molecule has 3 rings (SSSR count). The number of carbonyl (C=O) groups excluding carboxylic acids is 4. The number of aliphatic carboxylic acids is 1. The molecule has 2 aromatic carbocycles. The number of para-hydroxylation sites is 1. The van der Waals surface area contributed by atoms with Crippen LogP contribution in [0, 0.1) is 5.92 Å². The summed E-state index contributed by atoms with van der Waals surface area (Å²) in [4.78, 5) is 66.2. The molecule has 4 unspecified atom stereocenters. The second kappa shape index (κ2) is 14.8. The fourth-order valence-electron chi connectivity index (χ4n) is 4.62. The minimum absolute atomic E-state index is 0.0379. The van der Waals surface area contributed by atoms with E-state index in [1.807, 2.05) is 38.1 Å². The predicted octanol–water partition coefficient (Wildman–Crippen LogP) is 0.741. The number of carboxylic acid groups (broad SMARTS) is 1. The molecule has 0 bridgehead atoms. The Kier molecular flexibility index (Phi) is 11.2. The molecule has 0 saturated heterocycles. The first-order valence-corrected chi connectivity index (χ1v) is 13.7. The van der Waals surface area contributed by atoms with Gasteiger partial charge in [-0.15, -0.1) is 0 Å². The van der Waals surface area contributed by atoms with Crippen molar-refractivity contribution >= 4 is 40.5 Å². The number of aromatic nitrogens is 1. The molecule has 0 spiro atoms. The second-order valence-electron chi connectivity index (χ2n) is 10.7. The Morgan fingerprint density at radius 2 is 1.40 bits per heavy atom. The Morgan fingerprint density at radius 1 is 0.810 bits per heavy atom. The van der Waals surface area contributed by atoms with Gasteiger partial charge >= 0.3 is 5.97 Å². The van der Waals surface area contributed by atoms with Crippen LogP contribution in [-0.4, -0.2) is 63.9 Å². The number of benzene rings is 2. The van der Waals surface area contributed by atoms with Gasteiger partial charge in [0.1, 0.15) is 18.1 Å². The van der Waals surface area contributed by atoms with Gasteiger partial charge in [0.15, 0.2) is 0 Å². The number of aromatic amines is 1. The summed E-state index contributed by atoms with van der Waals surface area (Å²) >= 11 is 0. The van der Waals surface area contributed by atoms with E-state index in [0.29, 0.717) is 0 Å². The maximum absolute atomic E-state index is 13.6. The lowest BCUT2D eigenvalue weighted by Crippen LogP contribution is -2.58. The van der Waals surface area contributed by atoms with E-state index in [4.69, 9.17) is 11.5 Å². The van der Waals surface area contributed by atoms with Crippen LogP contribution >= 0.6 is 0 Å². The number of nitrogens with one attached hydrogen (secondary N) is 4. The Balaban J connectivity index is 1.82. The van der Waals surface area contributed by atoms with Crippen LogP contribution in [0.4, 0.5) is 0 Å². The normalized spacial score (nSPS) is 14.0. The van der Waals surface area contributed by atoms with E-state index < -0.39 is 60.2 Å². The van der Waals surface area contributed by atoms with Crippen molar-refractivity contribution in [2.75, 3.05) is 0 Å². The van der Waals surface area contributed by atoms with Gasteiger partial charge in [-0.25, -0.2) is 4.79 Å². The first kappa shape index (κ1) is 31.8. The van der Waals surface area contributed by atoms with Gasteiger partial charge < -0.3 is 37.5 Å². The van der Waals surface area contributed by atoms with E-state index in [1.54, 1.807) is 36.5 Å². The number of hydrogen-bond acceptors (Lipinski definition) is 6. The zero-order chi connectivity index (χ0) is 30.8. The molecule has 0 radical (unpaired) electrons.